The number of oxime groups is 1. The second-order valence-electron chi connectivity index (χ2n) is 7.78. The lowest BCUT2D eigenvalue weighted by molar-refractivity contribution is -0.110. The number of ether oxygens (including phenoxy) is 1. The highest BCUT2D eigenvalue weighted by molar-refractivity contribution is 7.92. The van der Waals surface area contributed by atoms with E-state index in [1.165, 1.54) is 36.7 Å². The highest BCUT2D eigenvalue weighted by atomic mass is 32.2. The number of benzene rings is 1. The third kappa shape index (κ3) is 5.53. The predicted octanol–water partition coefficient (Wildman–Crippen LogP) is 0.587. The first-order chi connectivity index (χ1) is 15.9. The molecule has 176 valence electrons. The van der Waals surface area contributed by atoms with E-state index in [-0.39, 0.29) is 33.5 Å². The predicted molar refractivity (Wildman–Crippen MR) is 116 cm³/mol. The molecule has 2 fully saturated rings. The van der Waals surface area contributed by atoms with Crippen molar-refractivity contribution in [3.8, 4) is 0 Å². The van der Waals surface area contributed by atoms with Gasteiger partial charge in [-0.05, 0) is 25.0 Å². The fourth-order valence-electron chi connectivity index (χ4n) is 3.17. The summed E-state index contributed by atoms with van der Waals surface area (Å²) in [7, 11) is -3.36. The van der Waals surface area contributed by atoms with Gasteiger partial charge in [-0.15, -0.1) is 0 Å². The molecule has 1 aromatic carbocycles. The van der Waals surface area contributed by atoms with Crippen LogP contribution in [0.4, 0.5) is 5.82 Å². The molecule has 2 aromatic rings. The van der Waals surface area contributed by atoms with Gasteiger partial charge in [0.1, 0.15) is 6.10 Å². The maximum absolute atomic E-state index is 13.0. The number of nitrogens with one attached hydrogen (secondary N) is 1. The van der Waals surface area contributed by atoms with Crippen molar-refractivity contribution in [2.45, 2.75) is 41.6 Å². The zero-order chi connectivity index (χ0) is 23.4. The van der Waals surface area contributed by atoms with Crippen molar-refractivity contribution in [3.63, 3.8) is 0 Å². The van der Waals surface area contributed by atoms with Crippen LogP contribution in [0.2, 0.25) is 0 Å². The van der Waals surface area contributed by atoms with Crippen LogP contribution >= 0.6 is 0 Å². The minimum absolute atomic E-state index is 0.0708. The summed E-state index contributed by atoms with van der Waals surface area (Å²) in [4.78, 5) is 26.6. The lowest BCUT2D eigenvalue weighted by Gasteiger charge is -2.11. The van der Waals surface area contributed by atoms with E-state index in [0.29, 0.717) is 38.0 Å². The van der Waals surface area contributed by atoms with Crippen molar-refractivity contribution in [2.75, 3.05) is 25.1 Å². The van der Waals surface area contributed by atoms with E-state index in [2.05, 4.69) is 20.4 Å². The molecule has 2 aliphatic rings. The summed E-state index contributed by atoms with van der Waals surface area (Å²) in [6, 6.07) is 5.92. The minimum Gasteiger partial charge on any atom is -0.393 e. The van der Waals surface area contributed by atoms with Crippen molar-refractivity contribution in [2.24, 2.45) is 5.16 Å². The molecule has 1 saturated heterocycles. The van der Waals surface area contributed by atoms with Crippen LogP contribution in [0.25, 0.3) is 0 Å². The molecule has 1 unspecified atom stereocenters. The molecular weight excluding hydrogens is 452 g/mol. The largest absolute Gasteiger partial charge is 0.393 e. The summed E-state index contributed by atoms with van der Waals surface area (Å²) in [5.74, 6) is -0.546. The van der Waals surface area contributed by atoms with Gasteiger partial charge in [0.25, 0.3) is 5.91 Å². The van der Waals surface area contributed by atoms with Gasteiger partial charge in [-0.2, -0.15) is 0 Å². The van der Waals surface area contributed by atoms with Gasteiger partial charge in [-0.25, -0.2) is 13.4 Å². The van der Waals surface area contributed by atoms with Crippen molar-refractivity contribution in [3.05, 3.63) is 47.9 Å². The second kappa shape index (κ2) is 9.91. The summed E-state index contributed by atoms with van der Waals surface area (Å²) in [6.45, 7) is 0.389. The van der Waals surface area contributed by atoms with Crippen LogP contribution in [-0.4, -0.2) is 71.4 Å². The maximum atomic E-state index is 13.0. The molecule has 1 aromatic heterocycles. The molecule has 0 bridgehead atoms. The number of nitrogens with zero attached hydrogens (tertiary/aromatic N) is 3. The van der Waals surface area contributed by atoms with Crippen LogP contribution in [0, 0.1) is 0 Å². The number of hydrogen-bond donors (Lipinski definition) is 3. The number of carbonyl (C=O) groups is 1. The second-order valence-corrected chi connectivity index (χ2v) is 10.0. The molecule has 0 radical (unpaired) electrons. The fourth-order valence-corrected chi connectivity index (χ4v) is 4.82. The third-order valence-corrected chi connectivity index (χ3v) is 7.52. The van der Waals surface area contributed by atoms with Gasteiger partial charge >= 0.3 is 0 Å². The first-order valence-electron chi connectivity index (χ1n) is 10.5. The van der Waals surface area contributed by atoms with E-state index >= 15 is 0 Å². The van der Waals surface area contributed by atoms with E-state index < -0.39 is 28.5 Å². The Labute approximate surface area is 190 Å². The van der Waals surface area contributed by atoms with E-state index in [0.717, 1.165) is 0 Å². The van der Waals surface area contributed by atoms with Crippen molar-refractivity contribution < 1.29 is 33.0 Å². The summed E-state index contributed by atoms with van der Waals surface area (Å²) in [5, 5.41) is 24.8. The summed E-state index contributed by atoms with van der Waals surface area (Å²) < 4.78 is 30.2. The smallest absolute Gasteiger partial charge is 0.279 e. The Hall–Kier alpha value is -2.93. The Morgan fingerprint density at radius 1 is 1.21 bits per heavy atom. The van der Waals surface area contributed by atoms with E-state index in [1.54, 1.807) is 0 Å². The average Bonchev–Trinajstić information content (AvgIpc) is 3.57. The Balaban J connectivity index is 1.55. The number of aliphatic hydroxyl groups is 2. The van der Waals surface area contributed by atoms with Crippen LogP contribution in [0.1, 0.15) is 36.6 Å². The van der Waals surface area contributed by atoms with Gasteiger partial charge in [0, 0.05) is 12.0 Å². The first kappa shape index (κ1) is 23.2. The third-order valence-electron chi connectivity index (χ3n) is 5.24. The number of rotatable bonds is 9. The van der Waals surface area contributed by atoms with Crippen molar-refractivity contribution in [1.82, 2.24) is 9.97 Å². The van der Waals surface area contributed by atoms with E-state index in [4.69, 9.17) is 14.7 Å². The molecule has 3 N–H and O–H groups in total. The van der Waals surface area contributed by atoms with Crippen molar-refractivity contribution in [1.29, 1.82) is 0 Å². The Bertz CT molecular complexity index is 1110. The molecule has 11 nitrogen and oxygen atoms in total. The SMILES string of the molecule is O=C(Nc1cnc(C(O)CO)cn1)C(=NO[C@@H]1CCOC1)c1ccc(S(=O)(=O)C2CC2)cc1. The van der Waals surface area contributed by atoms with Crippen molar-refractivity contribution >= 4 is 27.3 Å². The Kier molecular flexibility index (Phi) is 6.98. The van der Waals surface area contributed by atoms with E-state index in [9.17, 15) is 18.3 Å². The number of aromatic nitrogens is 2. The van der Waals surface area contributed by atoms with Crippen LogP contribution in [0.15, 0.2) is 46.7 Å². The molecule has 33 heavy (non-hydrogen) atoms. The first-order valence-corrected chi connectivity index (χ1v) is 12.0. The minimum atomic E-state index is -3.36. The molecular formula is C21H24N4O7S. The number of amides is 1. The van der Waals surface area contributed by atoms with Crippen LogP contribution in [0.5, 0.6) is 0 Å². The van der Waals surface area contributed by atoms with E-state index in [1.807, 2.05) is 0 Å². The van der Waals surface area contributed by atoms with Gasteiger partial charge < -0.3 is 25.1 Å². The Morgan fingerprint density at radius 2 is 1.97 bits per heavy atom. The zero-order valence-corrected chi connectivity index (χ0v) is 18.4. The highest BCUT2D eigenvalue weighted by Gasteiger charge is 2.36. The van der Waals surface area contributed by atoms with Gasteiger partial charge in [-0.3, -0.25) is 9.78 Å². The number of aliphatic hydroxyl groups excluding tert-OH is 2. The molecule has 2 atom stereocenters. The average molecular weight is 477 g/mol. The maximum Gasteiger partial charge on any atom is 0.279 e. The molecule has 2 heterocycles. The number of sulfone groups is 1. The van der Waals surface area contributed by atoms with Gasteiger partial charge in [0.15, 0.2) is 27.5 Å². The lowest BCUT2D eigenvalue weighted by Crippen LogP contribution is -2.26. The van der Waals surface area contributed by atoms with Gasteiger partial charge in [0.05, 0.1) is 48.1 Å². The molecule has 1 amide bonds. The molecule has 4 rings (SSSR count). The molecule has 12 heteroatoms. The number of anilines is 1. The molecule has 1 aliphatic heterocycles. The Morgan fingerprint density at radius 3 is 2.55 bits per heavy atom. The van der Waals surface area contributed by atoms with Crippen LogP contribution in [0.3, 0.4) is 0 Å². The molecule has 1 saturated carbocycles. The highest BCUT2D eigenvalue weighted by Crippen LogP contribution is 2.33. The summed E-state index contributed by atoms with van der Waals surface area (Å²) >= 11 is 0. The van der Waals surface area contributed by atoms with Gasteiger partial charge in [0.2, 0.25) is 0 Å². The van der Waals surface area contributed by atoms with Gasteiger partial charge in [-0.1, -0.05) is 17.3 Å². The topological polar surface area (TPSA) is 160 Å². The number of hydrogen-bond acceptors (Lipinski definition) is 10. The zero-order valence-electron chi connectivity index (χ0n) is 17.6. The van der Waals surface area contributed by atoms with Crippen LogP contribution in [-0.2, 0) is 24.2 Å². The normalized spacial score (nSPS) is 19.8. The molecule has 1 aliphatic carbocycles. The summed E-state index contributed by atoms with van der Waals surface area (Å²) in [5.41, 5.74) is 0.446. The van der Waals surface area contributed by atoms with Crippen LogP contribution < -0.4 is 5.32 Å². The fraction of sp³-hybridized carbons (Fsp3) is 0.429. The number of carbonyl (C=O) groups excluding carboxylic acids is 1. The monoisotopic (exact) mass is 476 g/mol. The standard InChI is InChI=1S/C21H24N4O7S/c26-11-18(27)17-9-23-19(10-22-17)24-21(28)20(25-32-14-7-8-31-12-14)13-1-3-15(4-2-13)33(29,30)16-5-6-16/h1-4,9-10,14,16,18,26-27H,5-8,11-12H2,(H,23,24,28)/t14-,18?/m1/s1. The summed E-state index contributed by atoms with van der Waals surface area (Å²) in [6.07, 6.45) is 2.96. The lowest BCUT2D eigenvalue weighted by atomic mass is 10.1. The molecule has 0 spiro atoms. The quantitative estimate of drug-likeness (QED) is 0.347.